The quantitative estimate of drug-likeness (QED) is 0.777. The number of rotatable bonds is 2. The zero-order chi connectivity index (χ0) is 10.9. The van der Waals surface area contributed by atoms with E-state index in [1.54, 1.807) is 6.92 Å². The van der Waals surface area contributed by atoms with Crippen molar-refractivity contribution in [1.82, 2.24) is 0 Å². The van der Waals surface area contributed by atoms with E-state index in [2.05, 4.69) is 0 Å². The Kier molecular flexibility index (Phi) is 3.72. The molecule has 0 aromatic heterocycles. The molecule has 0 heterocycles. The lowest BCUT2D eigenvalue weighted by Crippen LogP contribution is -2.24. The Balaban J connectivity index is 3.15. The fourth-order valence-electron chi connectivity index (χ4n) is 1.05. The Labute approximate surface area is 91.4 Å². The van der Waals surface area contributed by atoms with Crippen molar-refractivity contribution in [3.05, 3.63) is 33.6 Å². The van der Waals surface area contributed by atoms with E-state index < -0.39 is 18.0 Å². The van der Waals surface area contributed by atoms with Gasteiger partial charge in [-0.25, -0.2) is 4.39 Å². The fourth-order valence-corrected chi connectivity index (χ4v) is 1.54. The zero-order valence-corrected chi connectivity index (χ0v) is 8.98. The SMILES string of the molecule is C[C@@H](N)[C@@H](O)c1cc(F)c(Cl)cc1Cl. The summed E-state index contributed by atoms with van der Waals surface area (Å²) in [4.78, 5) is 0. The molecule has 0 unspecified atom stereocenters. The number of hydrogen-bond acceptors (Lipinski definition) is 2. The normalized spacial score (nSPS) is 15.3. The molecule has 1 rings (SSSR count). The zero-order valence-electron chi connectivity index (χ0n) is 7.47. The molecule has 78 valence electrons. The molecule has 0 aliphatic carbocycles. The van der Waals surface area contributed by atoms with Crippen molar-refractivity contribution in [3.8, 4) is 0 Å². The van der Waals surface area contributed by atoms with Crippen LogP contribution < -0.4 is 5.73 Å². The third-order valence-corrected chi connectivity index (χ3v) is 2.47. The van der Waals surface area contributed by atoms with Crippen LogP contribution in [0.15, 0.2) is 12.1 Å². The topological polar surface area (TPSA) is 46.2 Å². The van der Waals surface area contributed by atoms with Gasteiger partial charge in [0, 0.05) is 16.6 Å². The van der Waals surface area contributed by atoms with Gasteiger partial charge in [-0.1, -0.05) is 23.2 Å². The molecule has 2 atom stereocenters. The van der Waals surface area contributed by atoms with Crippen molar-refractivity contribution < 1.29 is 9.50 Å². The average molecular weight is 238 g/mol. The molecule has 0 aliphatic heterocycles. The molecule has 2 nitrogen and oxygen atoms in total. The summed E-state index contributed by atoms with van der Waals surface area (Å²) in [5.41, 5.74) is 5.71. The van der Waals surface area contributed by atoms with Crippen LogP contribution in [0.5, 0.6) is 0 Å². The first kappa shape index (κ1) is 11.7. The van der Waals surface area contributed by atoms with Crippen molar-refractivity contribution in [2.75, 3.05) is 0 Å². The maximum Gasteiger partial charge on any atom is 0.142 e. The summed E-state index contributed by atoms with van der Waals surface area (Å²) >= 11 is 11.3. The van der Waals surface area contributed by atoms with E-state index in [1.807, 2.05) is 0 Å². The first-order valence-electron chi connectivity index (χ1n) is 4.01. The van der Waals surface area contributed by atoms with Crippen LogP contribution >= 0.6 is 23.2 Å². The maximum atomic E-state index is 13.0. The standard InChI is InChI=1S/C9H10Cl2FNO/c1-4(13)9(14)5-2-8(12)7(11)3-6(5)10/h2-4,9,14H,13H2,1H3/t4-,9-/m1/s1. The second-order valence-electron chi connectivity index (χ2n) is 3.09. The maximum absolute atomic E-state index is 13.0. The van der Waals surface area contributed by atoms with E-state index >= 15 is 0 Å². The van der Waals surface area contributed by atoms with Gasteiger partial charge >= 0.3 is 0 Å². The third kappa shape index (κ3) is 2.36. The predicted octanol–water partition coefficient (Wildman–Crippen LogP) is 2.51. The second kappa shape index (κ2) is 4.45. The van der Waals surface area contributed by atoms with E-state index in [0.29, 0.717) is 0 Å². The lowest BCUT2D eigenvalue weighted by molar-refractivity contribution is 0.153. The third-order valence-electron chi connectivity index (χ3n) is 1.86. The highest BCUT2D eigenvalue weighted by atomic mass is 35.5. The molecular formula is C9H10Cl2FNO. The minimum Gasteiger partial charge on any atom is -0.387 e. The van der Waals surface area contributed by atoms with E-state index in [9.17, 15) is 9.50 Å². The summed E-state index contributed by atoms with van der Waals surface area (Å²) in [6.07, 6.45) is -0.991. The Morgan fingerprint density at radius 3 is 2.43 bits per heavy atom. The highest BCUT2D eigenvalue weighted by Crippen LogP contribution is 2.29. The molecule has 0 aliphatic rings. The molecule has 14 heavy (non-hydrogen) atoms. The molecule has 0 amide bonds. The van der Waals surface area contributed by atoms with Crippen LogP contribution in [0, 0.1) is 5.82 Å². The van der Waals surface area contributed by atoms with Crippen LogP contribution in [0.4, 0.5) is 4.39 Å². The second-order valence-corrected chi connectivity index (χ2v) is 3.91. The van der Waals surface area contributed by atoms with Crippen LogP contribution in [0.3, 0.4) is 0 Å². The van der Waals surface area contributed by atoms with Gasteiger partial charge in [-0.3, -0.25) is 0 Å². The molecule has 0 saturated carbocycles. The number of aliphatic hydroxyl groups is 1. The van der Waals surface area contributed by atoms with E-state index in [1.165, 1.54) is 6.07 Å². The summed E-state index contributed by atoms with van der Waals surface area (Å²) in [6.45, 7) is 1.60. The van der Waals surface area contributed by atoms with Gasteiger partial charge in [0.1, 0.15) is 5.82 Å². The van der Waals surface area contributed by atoms with Crippen molar-refractivity contribution in [2.24, 2.45) is 5.73 Å². The van der Waals surface area contributed by atoms with Gasteiger partial charge in [0.15, 0.2) is 0 Å². The fraction of sp³-hybridized carbons (Fsp3) is 0.333. The first-order valence-corrected chi connectivity index (χ1v) is 4.77. The van der Waals surface area contributed by atoms with Gasteiger partial charge < -0.3 is 10.8 Å². The lowest BCUT2D eigenvalue weighted by Gasteiger charge is -2.16. The van der Waals surface area contributed by atoms with E-state index in [-0.39, 0.29) is 15.6 Å². The van der Waals surface area contributed by atoms with E-state index in [0.717, 1.165) is 6.07 Å². The average Bonchev–Trinajstić information content (AvgIpc) is 2.10. The first-order chi connectivity index (χ1) is 6.43. The van der Waals surface area contributed by atoms with Crippen molar-refractivity contribution in [3.63, 3.8) is 0 Å². The molecule has 5 heteroatoms. The smallest absolute Gasteiger partial charge is 0.142 e. The van der Waals surface area contributed by atoms with Crippen molar-refractivity contribution in [1.29, 1.82) is 0 Å². The Morgan fingerprint density at radius 2 is 1.93 bits per heavy atom. The number of aliphatic hydroxyl groups excluding tert-OH is 1. The molecular weight excluding hydrogens is 228 g/mol. The Bertz CT molecular complexity index is 344. The number of hydrogen-bond donors (Lipinski definition) is 2. The summed E-state index contributed by atoms with van der Waals surface area (Å²) in [5, 5.41) is 9.71. The van der Waals surface area contributed by atoms with Gasteiger partial charge in [-0.05, 0) is 19.1 Å². The van der Waals surface area contributed by atoms with E-state index in [4.69, 9.17) is 28.9 Å². The molecule has 0 saturated heterocycles. The van der Waals surface area contributed by atoms with Crippen molar-refractivity contribution in [2.45, 2.75) is 19.1 Å². The van der Waals surface area contributed by atoms with Crippen LogP contribution in [0.1, 0.15) is 18.6 Å². The summed E-state index contributed by atoms with van der Waals surface area (Å²) in [5.74, 6) is -0.620. The monoisotopic (exact) mass is 237 g/mol. The van der Waals surface area contributed by atoms with Crippen molar-refractivity contribution >= 4 is 23.2 Å². The number of halogens is 3. The van der Waals surface area contributed by atoms with Gasteiger partial charge in [0.2, 0.25) is 0 Å². The highest BCUT2D eigenvalue weighted by molar-refractivity contribution is 6.35. The number of nitrogens with two attached hydrogens (primary N) is 1. The summed E-state index contributed by atoms with van der Waals surface area (Å²) in [7, 11) is 0. The predicted molar refractivity (Wildman–Crippen MR) is 55.0 cm³/mol. The minimum atomic E-state index is -0.991. The molecule has 1 aromatic rings. The molecule has 0 fully saturated rings. The van der Waals surface area contributed by atoms with Gasteiger partial charge in [-0.2, -0.15) is 0 Å². The Morgan fingerprint density at radius 1 is 1.36 bits per heavy atom. The van der Waals surface area contributed by atoms with Gasteiger partial charge in [-0.15, -0.1) is 0 Å². The minimum absolute atomic E-state index is 0.0735. The molecule has 1 aromatic carbocycles. The van der Waals surface area contributed by atoms with Crippen LogP contribution in [0.25, 0.3) is 0 Å². The van der Waals surface area contributed by atoms with Crippen LogP contribution in [0.2, 0.25) is 10.0 Å². The summed E-state index contributed by atoms with van der Waals surface area (Å²) in [6, 6.07) is 1.83. The summed E-state index contributed by atoms with van der Waals surface area (Å²) < 4.78 is 13.0. The largest absolute Gasteiger partial charge is 0.387 e. The molecule has 0 spiro atoms. The van der Waals surface area contributed by atoms with Crippen LogP contribution in [-0.4, -0.2) is 11.1 Å². The lowest BCUT2D eigenvalue weighted by atomic mass is 10.0. The molecule has 0 radical (unpaired) electrons. The Hall–Kier alpha value is -0.350. The van der Waals surface area contributed by atoms with Crippen LogP contribution in [-0.2, 0) is 0 Å². The van der Waals surface area contributed by atoms with Gasteiger partial charge in [0.05, 0.1) is 11.1 Å². The highest BCUT2D eigenvalue weighted by Gasteiger charge is 2.17. The molecule has 3 N–H and O–H groups in total. The van der Waals surface area contributed by atoms with Gasteiger partial charge in [0.25, 0.3) is 0 Å². The molecule has 0 bridgehead atoms. The number of benzene rings is 1.